The van der Waals surface area contributed by atoms with Gasteiger partial charge in [0.05, 0.1) is 13.2 Å². The molecule has 0 amide bonds. The minimum atomic E-state index is -2.28. The highest BCUT2D eigenvalue weighted by atomic mass is 32.9. The molecule has 0 fully saturated rings. The van der Waals surface area contributed by atoms with Crippen molar-refractivity contribution in [1.29, 1.82) is 0 Å². The number of benzene rings is 1. The number of rotatable bonds is 8. The molecular weight excluding hydrogens is 285 g/mol. The summed E-state index contributed by atoms with van der Waals surface area (Å²) in [6, 6.07) is 10.2. The van der Waals surface area contributed by atoms with E-state index < -0.39 is 5.69 Å². The van der Waals surface area contributed by atoms with E-state index in [0.717, 1.165) is 12.2 Å². The summed E-state index contributed by atoms with van der Waals surface area (Å²) in [6.45, 7) is 8.00. The molecule has 0 aliphatic rings. The lowest BCUT2D eigenvalue weighted by Crippen LogP contribution is -2.13. The summed E-state index contributed by atoms with van der Waals surface area (Å²) in [6.07, 6.45) is 0. The number of hydrogen-bond acceptors (Lipinski definition) is 5. The third kappa shape index (κ3) is 4.90. The zero-order chi connectivity index (χ0) is 13.4. The van der Waals surface area contributed by atoms with Gasteiger partial charge in [0.25, 0.3) is 5.69 Å². The third-order valence-corrected chi connectivity index (χ3v) is 7.18. The van der Waals surface area contributed by atoms with Gasteiger partial charge in [-0.1, -0.05) is 18.2 Å². The first-order valence-corrected chi connectivity index (χ1v) is 10.1. The van der Waals surface area contributed by atoms with Crippen LogP contribution in [-0.2, 0) is 20.9 Å². The molecule has 18 heavy (non-hydrogen) atoms. The minimum Gasteiger partial charge on any atom is -0.321 e. The first-order chi connectivity index (χ1) is 8.65. The van der Waals surface area contributed by atoms with Crippen LogP contribution >= 0.6 is 17.3 Å². The van der Waals surface area contributed by atoms with Crippen LogP contribution in [0.1, 0.15) is 20.8 Å². The van der Waals surface area contributed by atoms with Gasteiger partial charge in [-0.15, -0.1) is 0 Å². The van der Waals surface area contributed by atoms with Gasteiger partial charge in [0.2, 0.25) is 0 Å². The average molecular weight is 305 g/mol. The summed E-state index contributed by atoms with van der Waals surface area (Å²) in [5, 5.41) is 0. The molecule has 0 aliphatic heterocycles. The normalized spacial score (nSPS) is 11.5. The van der Waals surface area contributed by atoms with E-state index in [2.05, 4.69) is 23.4 Å². The van der Waals surface area contributed by atoms with Crippen LogP contribution in [0.5, 0.6) is 0 Å². The molecule has 0 saturated carbocycles. The van der Waals surface area contributed by atoms with Gasteiger partial charge >= 0.3 is 0 Å². The quantitative estimate of drug-likeness (QED) is 0.521. The molecule has 102 valence electrons. The van der Waals surface area contributed by atoms with E-state index in [1.807, 2.05) is 32.0 Å². The third-order valence-electron chi connectivity index (χ3n) is 2.10. The Morgan fingerprint density at radius 3 is 2.11 bits per heavy atom. The second-order valence-electron chi connectivity index (χ2n) is 3.39. The Morgan fingerprint density at radius 2 is 1.67 bits per heavy atom. The first kappa shape index (κ1) is 16.0. The molecule has 1 rings (SSSR count). The minimum absolute atomic E-state index is 0.580. The Morgan fingerprint density at radius 1 is 1.11 bits per heavy atom. The topological polar surface area (TPSA) is 21.7 Å². The molecule has 1 aromatic carbocycles. The fourth-order valence-corrected chi connectivity index (χ4v) is 6.40. The summed E-state index contributed by atoms with van der Waals surface area (Å²) < 4.78 is 13.4. The van der Waals surface area contributed by atoms with Gasteiger partial charge in [-0.2, -0.15) is 0 Å². The molecule has 0 N–H and O–H groups in total. The van der Waals surface area contributed by atoms with Crippen molar-refractivity contribution in [2.24, 2.45) is 0 Å². The van der Waals surface area contributed by atoms with Crippen molar-refractivity contribution in [3.63, 3.8) is 0 Å². The van der Waals surface area contributed by atoms with Crippen molar-refractivity contribution in [2.45, 2.75) is 20.8 Å². The van der Waals surface area contributed by atoms with Gasteiger partial charge in [0, 0.05) is 23.8 Å². The second-order valence-corrected chi connectivity index (χ2v) is 9.48. The number of para-hydroxylation sites is 1. The van der Waals surface area contributed by atoms with Crippen LogP contribution in [0.2, 0.25) is 0 Å². The van der Waals surface area contributed by atoms with E-state index in [9.17, 15) is 0 Å². The van der Waals surface area contributed by atoms with Crippen LogP contribution in [0, 0.1) is 0 Å². The Hall–Kier alpha value is -0.0600. The lowest BCUT2D eigenvalue weighted by molar-refractivity contribution is 0.280. The summed E-state index contributed by atoms with van der Waals surface area (Å²) >= 11 is 7.04. The fraction of sp³-hybridized carbons (Fsp3) is 0.500. The summed E-state index contributed by atoms with van der Waals surface area (Å²) in [7, 11) is 0. The van der Waals surface area contributed by atoms with E-state index in [-0.39, 0.29) is 0 Å². The van der Waals surface area contributed by atoms with Crippen molar-refractivity contribution in [2.75, 3.05) is 24.1 Å². The predicted molar refractivity (Wildman–Crippen MR) is 84.6 cm³/mol. The van der Waals surface area contributed by atoms with Gasteiger partial charge < -0.3 is 13.4 Å². The summed E-state index contributed by atoms with van der Waals surface area (Å²) in [4.78, 5) is 0. The molecule has 6 heteroatoms. The predicted octanol–water partition coefficient (Wildman–Crippen LogP) is 4.46. The molecule has 1 aromatic rings. The van der Waals surface area contributed by atoms with Gasteiger partial charge in [-0.3, -0.25) is 0 Å². The number of nitrogens with zero attached hydrogens (tertiary/aromatic N) is 1. The van der Waals surface area contributed by atoms with Crippen LogP contribution in [0.15, 0.2) is 30.3 Å². The van der Waals surface area contributed by atoms with E-state index in [4.69, 9.17) is 20.9 Å². The molecule has 0 radical (unpaired) electrons. The van der Waals surface area contributed by atoms with Crippen molar-refractivity contribution < 1.29 is 9.05 Å². The Balaban J connectivity index is 2.80. The van der Waals surface area contributed by atoms with Crippen LogP contribution in [0.4, 0.5) is 5.69 Å². The molecule has 0 aromatic heterocycles. The van der Waals surface area contributed by atoms with Crippen LogP contribution in [0.3, 0.4) is 0 Å². The SMILES string of the molecule is CCOP(=S)(OCC)SN(CC)c1ccccc1. The molecule has 0 spiro atoms. The van der Waals surface area contributed by atoms with Crippen LogP contribution in [0.25, 0.3) is 0 Å². The number of anilines is 1. The van der Waals surface area contributed by atoms with E-state index in [1.54, 1.807) is 0 Å². The first-order valence-electron chi connectivity index (χ1n) is 6.06. The van der Waals surface area contributed by atoms with Crippen molar-refractivity contribution in [3.05, 3.63) is 30.3 Å². The molecule has 0 atom stereocenters. The largest absolute Gasteiger partial charge is 0.321 e. The van der Waals surface area contributed by atoms with Crippen molar-refractivity contribution in [3.8, 4) is 0 Å². The zero-order valence-corrected chi connectivity index (χ0v) is 13.6. The average Bonchev–Trinajstić information content (AvgIpc) is 2.38. The maximum Gasteiger partial charge on any atom is 0.267 e. The summed E-state index contributed by atoms with van der Waals surface area (Å²) in [5.41, 5.74) is -1.16. The van der Waals surface area contributed by atoms with E-state index in [0.29, 0.717) is 13.2 Å². The molecular formula is C12H20NO2PS2. The summed E-state index contributed by atoms with van der Waals surface area (Å²) in [5.74, 6) is 0. The second kappa shape index (κ2) is 8.18. The molecule has 3 nitrogen and oxygen atoms in total. The Kier molecular flexibility index (Phi) is 7.27. The molecule has 0 saturated heterocycles. The lowest BCUT2D eigenvalue weighted by Gasteiger charge is -2.28. The molecule has 0 unspecified atom stereocenters. The molecule has 0 heterocycles. The standard InChI is InChI=1S/C12H20NO2PS2/c1-4-13(12-10-8-7-9-11-12)18-16(17,14-5-2)15-6-3/h7-11H,4-6H2,1-3H3. The van der Waals surface area contributed by atoms with Crippen molar-refractivity contribution in [1.82, 2.24) is 0 Å². The smallest absolute Gasteiger partial charge is 0.267 e. The maximum absolute atomic E-state index is 5.65. The van der Waals surface area contributed by atoms with Gasteiger partial charge in [-0.05, 0) is 44.7 Å². The number of hydrogen-bond donors (Lipinski definition) is 0. The van der Waals surface area contributed by atoms with Gasteiger partial charge in [0.15, 0.2) is 0 Å². The Labute approximate surface area is 119 Å². The molecule has 0 aliphatic carbocycles. The fourth-order valence-electron chi connectivity index (χ4n) is 1.40. The molecule has 0 bridgehead atoms. The van der Waals surface area contributed by atoms with E-state index in [1.165, 1.54) is 11.6 Å². The van der Waals surface area contributed by atoms with Crippen molar-refractivity contribution >= 4 is 34.8 Å². The lowest BCUT2D eigenvalue weighted by atomic mass is 10.3. The van der Waals surface area contributed by atoms with Gasteiger partial charge in [-0.25, -0.2) is 0 Å². The highest BCUT2D eigenvalue weighted by Crippen LogP contribution is 2.62. The zero-order valence-electron chi connectivity index (χ0n) is 11.0. The van der Waals surface area contributed by atoms with Crippen LogP contribution < -0.4 is 4.31 Å². The monoisotopic (exact) mass is 305 g/mol. The maximum atomic E-state index is 5.65. The highest BCUT2D eigenvalue weighted by molar-refractivity contribution is 8.68. The Bertz CT molecular complexity index is 379. The van der Waals surface area contributed by atoms with Gasteiger partial charge in [0.1, 0.15) is 0 Å². The highest BCUT2D eigenvalue weighted by Gasteiger charge is 2.23. The van der Waals surface area contributed by atoms with E-state index >= 15 is 0 Å². The van der Waals surface area contributed by atoms with Crippen LogP contribution in [-0.4, -0.2) is 19.8 Å².